The average Bonchev–Trinajstić information content (AvgIpc) is 3.55. The summed E-state index contributed by atoms with van der Waals surface area (Å²) in [4.78, 5) is 17.7. The van der Waals surface area contributed by atoms with Crippen LogP contribution in [0.3, 0.4) is 0 Å². The zero-order valence-corrected chi connectivity index (χ0v) is 19.7. The molecule has 0 spiro atoms. The third kappa shape index (κ3) is 2.99. The Labute approximate surface area is 192 Å². The van der Waals surface area contributed by atoms with Crippen LogP contribution in [0.5, 0.6) is 0 Å². The number of allylic oxidation sites excluding steroid dienone is 2. The number of thiazole rings is 1. The van der Waals surface area contributed by atoms with E-state index >= 15 is 0 Å². The number of aliphatic imine (C=N–C) groups is 1. The van der Waals surface area contributed by atoms with Gasteiger partial charge in [-0.3, -0.25) is 4.99 Å². The first kappa shape index (κ1) is 19.6. The Balaban J connectivity index is 1.38. The summed E-state index contributed by atoms with van der Waals surface area (Å²) in [7, 11) is 0. The van der Waals surface area contributed by atoms with Crippen molar-refractivity contribution in [1.82, 2.24) is 15.0 Å². The highest BCUT2D eigenvalue weighted by Crippen LogP contribution is 2.43. The number of rotatable bonds is 4. The Kier molecular flexibility index (Phi) is 4.44. The molecule has 0 atom stereocenters. The Morgan fingerprint density at radius 3 is 2.50 bits per heavy atom. The Hall–Kier alpha value is -3.05. The van der Waals surface area contributed by atoms with Gasteiger partial charge in [0.1, 0.15) is 5.82 Å². The fraction of sp³-hybridized carbons (Fsp3) is 0.296. The molecule has 3 heterocycles. The van der Waals surface area contributed by atoms with Gasteiger partial charge in [-0.1, -0.05) is 58.0 Å². The quantitative estimate of drug-likeness (QED) is 0.365. The summed E-state index contributed by atoms with van der Waals surface area (Å²) in [5, 5.41) is 0. The molecule has 0 unspecified atom stereocenters. The van der Waals surface area contributed by atoms with Gasteiger partial charge in [-0.15, -0.1) is 11.3 Å². The van der Waals surface area contributed by atoms with Crippen molar-refractivity contribution in [3.8, 4) is 22.4 Å². The van der Waals surface area contributed by atoms with Gasteiger partial charge in [0.05, 0.1) is 27.6 Å². The van der Waals surface area contributed by atoms with Crippen LogP contribution in [0.4, 0.5) is 0 Å². The average molecular weight is 439 g/mol. The molecule has 5 heteroatoms. The lowest BCUT2D eigenvalue weighted by atomic mass is 9.94. The van der Waals surface area contributed by atoms with E-state index in [9.17, 15) is 0 Å². The highest BCUT2D eigenvalue weighted by atomic mass is 32.1. The summed E-state index contributed by atoms with van der Waals surface area (Å²) in [5.74, 6) is 1.91. The lowest BCUT2D eigenvalue weighted by Gasteiger charge is -2.11. The van der Waals surface area contributed by atoms with Crippen LogP contribution >= 0.6 is 11.3 Å². The molecule has 0 saturated heterocycles. The predicted molar refractivity (Wildman–Crippen MR) is 134 cm³/mol. The zero-order chi connectivity index (χ0) is 22.0. The number of fused-ring (bicyclic) bond motifs is 3. The van der Waals surface area contributed by atoms with E-state index in [1.165, 1.54) is 49.5 Å². The van der Waals surface area contributed by atoms with E-state index in [-0.39, 0.29) is 0 Å². The second kappa shape index (κ2) is 7.24. The van der Waals surface area contributed by atoms with Crippen LogP contribution in [-0.4, -0.2) is 20.7 Å². The molecule has 32 heavy (non-hydrogen) atoms. The van der Waals surface area contributed by atoms with E-state index in [2.05, 4.69) is 68.0 Å². The zero-order valence-electron chi connectivity index (χ0n) is 18.9. The summed E-state index contributed by atoms with van der Waals surface area (Å²) in [5.41, 5.74) is 14.5. The number of aromatic amines is 1. The Bertz CT molecular complexity index is 1430. The van der Waals surface area contributed by atoms with Gasteiger partial charge in [-0.25, -0.2) is 9.97 Å². The van der Waals surface area contributed by atoms with Crippen LogP contribution in [0, 0.1) is 5.92 Å². The van der Waals surface area contributed by atoms with Crippen LogP contribution in [0.2, 0.25) is 0 Å². The van der Waals surface area contributed by atoms with Gasteiger partial charge < -0.3 is 4.98 Å². The number of H-pyrrole nitrogens is 1. The molecule has 2 aromatic heterocycles. The first-order valence-corrected chi connectivity index (χ1v) is 12.2. The molecule has 0 amide bonds. The van der Waals surface area contributed by atoms with Gasteiger partial charge in [0, 0.05) is 41.3 Å². The molecule has 0 saturated carbocycles. The summed E-state index contributed by atoms with van der Waals surface area (Å²) in [6, 6.07) is 11.3. The molecule has 1 N–H and O–H groups in total. The molecule has 2 aliphatic rings. The highest BCUT2D eigenvalue weighted by Gasteiger charge is 2.28. The first-order chi connectivity index (χ1) is 15.5. The van der Waals surface area contributed by atoms with Crippen LogP contribution in [0.25, 0.3) is 38.2 Å². The van der Waals surface area contributed by atoms with Crippen molar-refractivity contribution in [1.29, 1.82) is 0 Å². The Morgan fingerprint density at radius 1 is 0.906 bits per heavy atom. The van der Waals surface area contributed by atoms with Crippen molar-refractivity contribution in [2.24, 2.45) is 10.9 Å². The second-order valence-corrected chi connectivity index (χ2v) is 10.3. The number of aromatic nitrogens is 3. The van der Waals surface area contributed by atoms with Gasteiger partial charge in [-0.2, -0.15) is 0 Å². The number of imidazole rings is 1. The molecule has 2 aromatic carbocycles. The van der Waals surface area contributed by atoms with E-state index in [1.54, 1.807) is 11.3 Å². The van der Waals surface area contributed by atoms with E-state index in [0.717, 1.165) is 29.9 Å². The third-order valence-electron chi connectivity index (χ3n) is 6.67. The summed E-state index contributed by atoms with van der Waals surface area (Å²) in [6.45, 7) is 8.78. The molecular weight excluding hydrogens is 412 g/mol. The minimum atomic E-state index is 0.377. The van der Waals surface area contributed by atoms with Crippen LogP contribution in [0.15, 0.2) is 52.7 Å². The number of hydrogen-bond acceptors (Lipinski definition) is 4. The van der Waals surface area contributed by atoms with Crippen molar-refractivity contribution >= 4 is 32.8 Å². The van der Waals surface area contributed by atoms with Gasteiger partial charge in [-0.05, 0) is 28.2 Å². The molecule has 4 aromatic rings. The lowest BCUT2D eigenvalue weighted by Crippen LogP contribution is -2.05. The second-order valence-electron chi connectivity index (χ2n) is 9.44. The maximum atomic E-state index is 4.94. The van der Waals surface area contributed by atoms with Crippen LogP contribution in [0.1, 0.15) is 57.0 Å². The molecule has 0 fully saturated rings. The summed E-state index contributed by atoms with van der Waals surface area (Å²) < 4.78 is 1.20. The minimum absolute atomic E-state index is 0.377. The smallest absolute Gasteiger partial charge is 0.109 e. The van der Waals surface area contributed by atoms with Crippen molar-refractivity contribution < 1.29 is 0 Å². The summed E-state index contributed by atoms with van der Waals surface area (Å²) >= 11 is 1.69. The molecule has 4 nitrogen and oxygen atoms in total. The normalized spacial score (nSPS) is 15.2. The largest absolute Gasteiger partial charge is 0.342 e. The van der Waals surface area contributed by atoms with Gasteiger partial charge in [0.25, 0.3) is 0 Å². The maximum Gasteiger partial charge on any atom is 0.109 e. The number of nitrogens with zero attached hydrogens (tertiary/aromatic N) is 3. The van der Waals surface area contributed by atoms with E-state index in [0.29, 0.717) is 11.8 Å². The Morgan fingerprint density at radius 2 is 1.72 bits per heavy atom. The van der Waals surface area contributed by atoms with Crippen LogP contribution < -0.4 is 0 Å². The van der Waals surface area contributed by atoms with Gasteiger partial charge in [0.2, 0.25) is 0 Å². The van der Waals surface area contributed by atoms with E-state index < -0.39 is 0 Å². The predicted octanol–water partition coefficient (Wildman–Crippen LogP) is 7.24. The first-order valence-electron chi connectivity index (χ1n) is 11.3. The van der Waals surface area contributed by atoms with E-state index in [4.69, 9.17) is 9.98 Å². The fourth-order valence-corrected chi connectivity index (χ4v) is 5.68. The van der Waals surface area contributed by atoms with Crippen molar-refractivity contribution in [2.75, 3.05) is 0 Å². The molecule has 1 aliphatic carbocycles. The van der Waals surface area contributed by atoms with Crippen molar-refractivity contribution in [2.45, 2.75) is 46.5 Å². The van der Waals surface area contributed by atoms with Gasteiger partial charge >= 0.3 is 0 Å². The van der Waals surface area contributed by atoms with Gasteiger partial charge in [0.15, 0.2) is 0 Å². The number of hydrogen-bond donors (Lipinski definition) is 1. The molecule has 0 bridgehead atoms. The standard InChI is InChI=1S/C27H26N4S/c1-14(2)22-11-21-18-6-5-16(9-17(18)10-23(21)30-22)19-7-8-20(26-25(19)29-13-32-26)24-12-28-27(31-24)15(3)4/h5-9,12-15H,10-11H2,1-4H3,(H,28,31). The topological polar surface area (TPSA) is 53.9 Å². The third-order valence-corrected chi connectivity index (χ3v) is 7.53. The monoisotopic (exact) mass is 438 g/mol. The molecule has 6 rings (SSSR count). The number of nitrogens with one attached hydrogen (secondary N) is 1. The van der Waals surface area contributed by atoms with E-state index in [1.807, 2.05) is 11.7 Å². The number of benzene rings is 2. The molecular formula is C27H26N4S. The highest BCUT2D eigenvalue weighted by molar-refractivity contribution is 7.17. The maximum absolute atomic E-state index is 4.94. The van der Waals surface area contributed by atoms with Crippen LogP contribution in [-0.2, 0) is 6.42 Å². The summed E-state index contributed by atoms with van der Waals surface area (Å²) in [6.07, 6.45) is 3.89. The van der Waals surface area contributed by atoms with Crippen molar-refractivity contribution in [3.63, 3.8) is 0 Å². The fourth-order valence-electron chi connectivity index (χ4n) is 4.84. The minimum Gasteiger partial charge on any atom is -0.342 e. The molecule has 1 aliphatic heterocycles. The van der Waals surface area contributed by atoms with Crippen molar-refractivity contribution in [3.05, 3.63) is 64.7 Å². The molecule has 160 valence electrons. The molecule has 0 radical (unpaired) electrons. The SMILES string of the molecule is CC(C)C1=NC2=C(C1)c1ccc(-c3ccc(-c4cnc(C(C)C)[nH]4)c4scnc34)cc1C2. The lowest BCUT2D eigenvalue weighted by molar-refractivity contribution is 0.795.